The van der Waals surface area contributed by atoms with Crippen molar-refractivity contribution < 1.29 is 28.7 Å². The lowest BCUT2D eigenvalue weighted by atomic mass is 9.98. The Balaban J connectivity index is 1.86. The number of rotatable bonds is 6. The first-order valence-electron chi connectivity index (χ1n) is 10.9. The maximum atomic E-state index is 12.7. The van der Waals surface area contributed by atoms with E-state index in [1.807, 2.05) is 20.8 Å². The smallest absolute Gasteiger partial charge is 0.410 e. The first-order valence-corrected chi connectivity index (χ1v) is 10.9. The fraction of sp³-hybridized carbons (Fsp3) is 0.565. The number of esters is 1. The summed E-state index contributed by atoms with van der Waals surface area (Å²) in [6, 6.07) is 6.15. The summed E-state index contributed by atoms with van der Waals surface area (Å²) in [7, 11) is 2.95. The summed E-state index contributed by atoms with van der Waals surface area (Å²) in [6.07, 6.45) is 1.39. The molecule has 182 valence electrons. The van der Waals surface area contributed by atoms with Crippen LogP contribution in [0.4, 0.5) is 15.3 Å². The first-order chi connectivity index (χ1) is 15.5. The standard InChI is InChI=1S/C23H34N4O6/c1-23(2,3)33-22(31)26(4)14-16-7-6-12-27(15-16)21(30)25-18-10-8-17(9-11-18)20(29)24-13-19(28)32-5/h8-11,16H,6-7,12-15H2,1-5H3,(H,24,29)(H,25,30). The third-order valence-corrected chi connectivity index (χ3v) is 5.06. The van der Waals surface area contributed by atoms with E-state index in [9.17, 15) is 19.2 Å². The normalized spacial score (nSPS) is 15.9. The molecule has 2 rings (SSSR count). The van der Waals surface area contributed by atoms with Crippen LogP contribution in [0.2, 0.25) is 0 Å². The fourth-order valence-electron chi connectivity index (χ4n) is 3.43. The van der Waals surface area contributed by atoms with E-state index in [0.717, 1.165) is 12.8 Å². The number of benzene rings is 1. The van der Waals surface area contributed by atoms with Crippen molar-refractivity contribution in [1.29, 1.82) is 0 Å². The summed E-state index contributed by atoms with van der Waals surface area (Å²) in [5.41, 5.74) is 0.360. The number of hydrogen-bond acceptors (Lipinski definition) is 6. The molecule has 1 aromatic rings. The molecule has 0 spiro atoms. The van der Waals surface area contributed by atoms with Gasteiger partial charge >= 0.3 is 18.1 Å². The van der Waals surface area contributed by atoms with E-state index in [1.54, 1.807) is 41.1 Å². The molecule has 33 heavy (non-hydrogen) atoms. The number of piperidine rings is 1. The van der Waals surface area contributed by atoms with Crippen molar-refractivity contribution in [2.75, 3.05) is 45.7 Å². The predicted octanol–water partition coefficient (Wildman–Crippen LogP) is 2.70. The van der Waals surface area contributed by atoms with E-state index in [-0.39, 0.29) is 24.6 Å². The monoisotopic (exact) mass is 462 g/mol. The minimum absolute atomic E-state index is 0.155. The van der Waals surface area contributed by atoms with Gasteiger partial charge in [-0.05, 0) is 63.8 Å². The predicted molar refractivity (Wildman–Crippen MR) is 123 cm³/mol. The van der Waals surface area contributed by atoms with Crippen molar-refractivity contribution in [3.63, 3.8) is 0 Å². The van der Waals surface area contributed by atoms with Crippen molar-refractivity contribution in [3.05, 3.63) is 29.8 Å². The van der Waals surface area contributed by atoms with E-state index < -0.39 is 17.5 Å². The van der Waals surface area contributed by atoms with Crippen LogP contribution in [-0.4, -0.2) is 79.7 Å². The molecule has 1 aromatic carbocycles. The highest BCUT2D eigenvalue weighted by atomic mass is 16.6. The Kier molecular flexibility index (Phi) is 9.07. The lowest BCUT2D eigenvalue weighted by molar-refractivity contribution is -0.139. The molecule has 2 N–H and O–H groups in total. The van der Waals surface area contributed by atoms with Gasteiger partial charge < -0.3 is 29.9 Å². The second-order valence-electron chi connectivity index (χ2n) is 9.08. The number of ether oxygens (including phenoxy) is 2. The molecule has 0 bridgehead atoms. The summed E-state index contributed by atoms with van der Waals surface area (Å²) >= 11 is 0. The zero-order valence-corrected chi connectivity index (χ0v) is 20.0. The Morgan fingerprint density at radius 1 is 1.15 bits per heavy atom. The van der Waals surface area contributed by atoms with Crippen LogP contribution in [0.1, 0.15) is 44.0 Å². The highest BCUT2D eigenvalue weighted by molar-refractivity contribution is 5.97. The van der Waals surface area contributed by atoms with Gasteiger partial charge in [-0.1, -0.05) is 0 Å². The Bertz CT molecular complexity index is 850. The van der Waals surface area contributed by atoms with Gasteiger partial charge in [-0.25, -0.2) is 9.59 Å². The van der Waals surface area contributed by atoms with E-state index >= 15 is 0 Å². The Morgan fingerprint density at radius 2 is 1.82 bits per heavy atom. The summed E-state index contributed by atoms with van der Waals surface area (Å²) in [5, 5.41) is 5.30. The van der Waals surface area contributed by atoms with Gasteiger partial charge in [-0.2, -0.15) is 0 Å². The maximum absolute atomic E-state index is 12.7. The van der Waals surface area contributed by atoms with Crippen molar-refractivity contribution >= 4 is 29.7 Å². The molecule has 1 aliphatic rings. The number of carbonyl (C=O) groups excluding carboxylic acids is 4. The molecule has 0 aliphatic carbocycles. The van der Waals surface area contributed by atoms with E-state index in [1.165, 1.54) is 7.11 Å². The Labute approximate surface area is 194 Å². The second kappa shape index (κ2) is 11.5. The zero-order valence-electron chi connectivity index (χ0n) is 20.0. The SMILES string of the molecule is COC(=O)CNC(=O)c1ccc(NC(=O)N2CCCC(CN(C)C(=O)OC(C)(C)C)C2)cc1. The van der Waals surface area contributed by atoms with Gasteiger partial charge in [-0.3, -0.25) is 9.59 Å². The molecule has 0 saturated carbocycles. The van der Waals surface area contributed by atoms with Crippen LogP contribution >= 0.6 is 0 Å². The van der Waals surface area contributed by atoms with Crippen LogP contribution in [0.15, 0.2) is 24.3 Å². The molecule has 0 radical (unpaired) electrons. The van der Waals surface area contributed by atoms with Gasteiger partial charge in [0.05, 0.1) is 7.11 Å². The minimum atomic E-state index is -0.554. The number of nitrogens with one attached hydrogen (secondary N) is 2. The molecule has 1 saturated heterocycles. The van der Waals surface area contributed by atoms with Crippen molar-refractivity contribution in [1.82, 2.24) is 15.1 Å². The van der Waals surface area contributed by atoms with E-state index in [0.29, 0.717) is 30.9 Å². The summed E-state index contributed by atoms with van der Waals surface area (Å²) < 4.78 is 9.88. The van der Waals surface area contributed by atoms with Crippen LogP contribution in [-0.2, 0) is 14.3 Å². The third-order valence-electron chi connectivity index (χ3n) is 5.06. The lowest BCUT2D eigenvalue weighted by Gasteiger charge is -2.35. The highest BCUT2D eigenvalue weighted by Gasteiger charge is 2.27. The number of methoxy groups -OCH3 is 1. The first kappa shape index (κ1) is 26.0. The van der Waals surface area contributed by atoms with E-state index in [4.69, 9.17) is 4.74 Å². The maximum Gasteiger partial charge on any atom is 0.410 e. The third kappa shape index (κ3) is 8.63. The van der Waals surface area contributed by atoms with Crippen LogP contribution in [0.5, 0.6) is 0 Å². The molecular weight excluding hydrogens is 428 g/mol. The zero-order chi connectivity index (χ0) is 24.6. The van der Waals surface area contributed by atoms with Gasteiger partial charge in [0.25, 0.3) is 5.91 Å². The van der Waals surface area contributed by atoms with Crippen LogP contribution < -0.4 is 10.6 Å². The largest absolute Gasteiger partial charge is 0.468 e. The summed E-state index contributed by atoms with van der Waals surface area (Å²) in [6.45, 7) is 6.94. The highest BCUT2D eigenvalue weighted by Crippen LogP contribution is 2.20. The molecule has 1 atom stereocenters. The number of hydrogen-bond donors (Lipinski definition) is 2. The molecule has 4 amide bonds. The quantitative estimate of drug-likeness (QED) is 0.628. The molecule has 0 aromatic heterocycles. The van der Waals surface area contributed by atoms with Gasteiger partial charge in [0.2, 0.25) is 0 Å². The number of amides is 4. The summed E-state index contributed by atoms with van der Waals surface area (Å²) in [5.74, 6) is -0.793. The fourth-order valence-corrected chi connectivity index (χ4v) is 3.43. The van der Waals surface area contributed by atoms with Crippen molar-refractivity contribution in [3.8, 4) is 0 Å². The molecule has 1 aliphatic heterocycles. The average Bonchev–Trinajstić information content (AvgIpc) is 2.76. The van der Waals surface area contributed by atoms with Crippen molar-refractivity contribution in [2.24, 2.45) is 5.92 Å². The van der Waals surface area contributed by atoms with Gasteiger partial charge in [0, 0.05) is 37.9 Å². The number of anilines is 1. The molecule has 1 fully saturated rings. The van der Waals surface area contributed by atoms with Crippen molar-refractivity contribution in [2.45, 2.75) is 39.2 Å². The Morgan fingerprint density at radius 3 is 2.42 bits per heavy atom. The molecular formula is C23H34N4O6. The number of carbonyl (C=O) groups is 4. The topological polar surface area (TPSA) is 117 Å². The average molecular weight is 463 g/mol. The van der Waals surface area contributed by atoms with Crippen LogP contribution in [0.25, 0.3) is 0 Å². The number of nitrogens with zero attached hydrogens (tertiary/aromatic N) is 2. The second-order valence-corrected chi connectivity index (χ2v) is 9.08. The summed E-state index contributed by atoms with van der Waals surface area (Å²) in [4.78, 5) is 51.4. The molecule has 1 heterocycles. The van der Waals surface area contributed by atoms with Gasteiger partial charge in [0.1, 0.15) is 12.1 Å². The number of urea groups is 1. The molecule has 10 heteroatoms. The molecule has 1 unspecified atom stereocenters. The van der Waals surface area contributed by atoms with E-state index in [2.05, 4.69) is 15.4 Å². The Hall–Kier alpha value is -3.30. The molecule has 10 nitrogen and oxygen atoms in total. The lowest BCUT2D eigenvalue weighted by Crippen LogP contribution is -2.46. The minimum Gasteiger partial charge on any atom is -0.468 e. The van der Waals surface area contributed by atoms with Crippen LogP contribution in [0, 0.1) is 5.92 Å². The van der Waals surface area contributed by atoms with Gasteiger partial charge in [-0.15, -0.1) is 0 Å². The van der Waals surface area contributed by atoms with Gasteiger partial charge in [0.15, 0.2) is 0 Å². The number of likely N-dealkylation sites (tertiary alicyclic amines) is 1. The van der Waals surface area contributed by atoms with Crippen LogP contribution in [0.3, 0.4) is 0 Å².